The maximum atomic E-state index is 12.4. The number of rotatable bonds is 5. The smallest absolute Gasteiger partial charge is 0.308 e. The number of amides is 1. The van der Waals surface area contributed by atoms with E-state index in [1.54, 1.807) is 0 Å². The van der Waals surface area contributed by atoms with Crippen LogP contribution in [-0.2, 0) is 13.0 Å². The third kappa shape index (κ3) is 3.48. The van der Waals surface area contributed by atoms with Gasteiger partial charge in [0.15, 0.2) is 5.76 Å². The lowest BCUT2D eigenvalue weighted by Gasteiger charge is -2.28. The van der Waals surface area contributed by atoms with Crippen molar-refractivity contribution in [1.82, 2.24) is 20.4 Å². The predicted octanol–water partition coefficient (Wildman–Crippen LogP) is 3.58. The van der Waals surface area contributed by atoms with Crippen molar-refractivity contribution in [3.8, 4) is 11.7 Å². The van der Waals surface area contributed by atoms with Crippen molar-refractivity contribution in [2.24, 2.45) is 0 Å². The fourth-order valence-corrected chi connectivity index (χ4v) is 3.93. The molecule has 2 aromatic heterocycles. The second kappa shape index (κ2) is 7.76. The Balaban J connectivity index is 1.20. The molecule has 152 valence electrons. The highest BCUT2D eigenvalue weighted by Crippen LogP contribution is 2.31. The van der Waals surface area contributed by atoms with Gasteiger partial charge in [-0.2, -0.15) is 0 Å². The number of carbonyl (C=O) groups excluding carboxylic acids is 1. The molecule has 2 aromatic carbocycles. The quantitative estimate of drug-likeness (QED) is 0.549. The van der Waals surface area contributed by atoms with E-state index >= 15 is 0 Å². The second-order valence-corrected chi connectivity index (χ2v) is 7.52. The summed E-state index contributed by atoms with van der Waals surface area (Å²) in [7, 11) is 0. The van der Waals surface area contributed by atoms with Crippen LogP contribution in [0.2, 0.25) is 0 Å². The zero-order chi connectivity index (χ0) is 20.5. The highest BCUT2D eigenvalue weighted by molar-refractivity contribution is 5.90. The van der Waals surface area contributed by atoms with Crippen molar-refractivity contribution in [2.75, 3.05) is 19.6 Å². The molecule has 3 heterocycles. The highest BCUT2D eigenvalue weighted by atomic mass is 16.4. The van der Waals surface area contributed by atoms with Gasteiger partial charge in [-0.3, -0.25) is 9.69 Å². The maximum Gasteiger partial charge on any atom is 0.308 e. The zero-order valence-corrected chi connectivity index (χ0v) is 16.7. The fraction of sp³-hybridized carbons (Fsp3) is 0.261. The Morgan fingerprint density at radius 3 is 2.73 bits per heavy atom. The molecule has 0 atom stereocenters. The van der Waals surface area contributed by atoms with Crippen molar-refractivity contribution < 1.29 is 13.6 Å². The third-order valence-corrected chi connectivity index (χ3v) is 5.58. The Morgan fingerprint density at radius 1 is 1.07 bits per heavy atom. The first-order valence-electron chi connectivity index (χ1n) is 10.1. The molecule has 0 fully saturated rings. The lowest BCUT2D eigenvalue weighted by molar-refractivity contribution is 0.0913. The molecule has 7 nitrogen and oxygen atoms in total. The van der Waals surface area contributed by atoms with Gasteiger partial charge in [0.1, 0.15) is 5.58 Å². The summed E-state index contributed by atoms with van der Waals surface area (Å²) < 4.78 is 11.4. The van der Waals surface area contributed by atoms with Crippen LogP contribution in [0.4, 0.5) is 0 Å². The molecule has 0 aliphatic carbocycles. The van der Waals surface area contributed by atoms with Gasteiger partial charge in [0, 0.05) is 37.1 Å². The molecule has 4 aromatic rings. The van der Waals surface area contributed by atoms with E-state index in [-0.39, 0.29) is 17.7 Å². The van der Waals surface area contributed by atoms with E-state index < -0.39 is 0 Å². The van der Waals surface area contributed by atoms with Crippen LogP contribution >= 0.6 is 0 Å². The van der Waals surface area contributed by atoms with E-state index in [4.69, 9.17) is 8.83 Å². The van der Waals surface area contributed by atoms with Gasteiger partial charge in [-0.15, -0.1) is 10.2 Å². The Morgan fingerprint density at radius 2 is 1.87 bits per heavy atom. The highest BCUT2D eigenvalue weighted by Gasteiger charge is 2.21. The van der Waals surface area contributed by atoms with Crippen LogP contribution < -0.4 is 5.32 Å². The SMILES string of the molecule is Cc1c(-c2nnc(C(=O)NCCN3CCc4ccccc4C3)o2)oc2ccccc12. The number of aryl methyl sites for hydroxylation is 1. The molecule has 0 spiro atoms. The molecule has 1 aliphatic heterocycles. The molecule has 0 radical (unpaired) electrons. The van der Waals surface area contributed by atoms with Crippen molar-refractivity contribution in [2.45, 2.75) is 19.9 Å². The lowest BCUT2D eigenvalue weighted by Crippen LogP contribution is -2.37. The van der Waals surface area contributed by atoms with E-state index in [1.165, 1.54) is 11.1 Å². The molecule has 1 N–H and O–H groups in total. The second-order valence-electron chi connectivity index (χ2n) is 7.52. The number of para-hydroxylation sites is 1. The molecule has 0 saturated carbocycles. The Hall–Kier alpha value is -3.45. The summed E-state index contributed by atoms with van der Waals surface area (Å²) in [6.07, 6.45) is 1.04. The number of aromatic nitrogens is 2. The van der Waals surface area contributed by atoms with Gasteiger partial charge >= 0.3 is 11.8 Å². The van der Waals surface area contributed by atoms with Gasteiger partial charge in [-0.25, -0.2) is 0 Å². The minimum absolute atomic E-state index is 0.0613. The third-order valence-electron chi connectivity index (χ3n) is 5.58. The van der Waals surface area contributed by atoms with Gasteiger partial charge in [-0.05, 0) is 30.5 Å². The van der Waals surface area contributed by atoms with Crippen molar-refractivity contribution in [3.05, 3.63) is 71.1 Å². The molecule has 0 saturated heterocycles. The molecular formula is C23H22N4O3. The van der Waals surface area contributed by atoms with E-state index in [9.17, 15) is 4.79 Å². The standard InChI is InChI=1S/C23H22N4O3/c1-15-18-8-4-5-9-19(18)29-20(15)22-25-26-23(30-22)21(28)24-11-13-27-12-10-16-6-2-3-7-17(16)14-27/h2-9H,10-14H2,1H3,(H,24,28). The van der Waals surface area contributed by atoms with Crippen molar-refractivity contribution >= 4 is 16.9 Å². The first-order valence-corrected chi connectivity index (χ1v) is 10.1. The number of nitrogens with one attached hydrogen (secondary N) is 1. The van der Waals surface area contributed by atoms with Gasteiger partial charge in [0.05, 0.1) is 0 Å². The number of fused-ring (bicyclic) bond motifs is 2. The number of furan rings is 1. The largest absolute Gasteiger partial charge is 0.451 e. The summed E-state index contributed by atoms with van der Waals surface area (Å²) in [6.45, 7) is 5.11. The number of nitrogens with zero attached hydrogens (tertiary/aromatic N) is 3. The van der Waals surface area contributed by atoms with Crippen LogP contribution in [0.1, 0.15) is 27.4 Å². The predicted molar refractivity (Wildman–Crippen MR) is 112 cm³/mol. The minimum atomic E-state index is -0.375. The van der Waals surface area contributed by atoms with Crippen LogP contribution in [0.3, 0.4) is 0 Å². The summed E-state index contributed by atoms with van der Waals surface area (Å²) in [6, 6.07) is 16.2. The van der Waals surface area contributed by atoms with Crippen LogP contribution in [0.15, 0.2) is 57.4 Å². The number of carbonyl (C=O) groups is 1. The molecule has 7 heteroatoms. The topological polar surface area (TPSA) is 84.4 Å². The number of benzene rings is 2. The first-order chi connectivity index (χ1) is 14.7. The average Bonchev–Trinajstić information content (AvgIpc) is 3.39. The van der Waals surface area contributed by atoms with Crippen LogP contribution in [0.25, 0.3) is 22.6 Å². The minimum Gasteiger partial charge on any atom is -0.451 e. The van der Waals surface area contributed by atoms with E-state index in [0.717, 1.165) is 42.6 Å². The molecule has 5 rings (SSSR count). The van der Waals surface area contributed by atoms with Gasteiger partial charge < -0.3 is 14.2 Å². The molecule has 1 amide bonds. The van der Waals surface area contributed by atoms with Gasteiger partial charge in [-0.1, -0.05) is 42.5 Å². The summed E-state index contributed by atoms with van der Waals surface area (Å²) in [5, 5.41) is 11.8. The summed E-state index contributed by atoms with van der Waals surface area (Å²) in [5.41, 5.74) is 4.43. The fourth-order valence-electron chi connectivity index (χ4n) is 3.93. The van der Waals surface area contributed by atoms with Crippen LogP contribution in [0, 0.1) is 6.92 Å². The first kappa shape index (κ1) is 18.6. The lowest BCUT2D eigenvalue weighted by atomic mass is 10.00. The zero-order valence-electron chi connectivity index (χ0n) is 16.7. The monoisotopic (exact) mass is 402 g/mol. The summed E-state index contributed by atoms with van der Waals surface area (Å²) >= 11 is 0. The Bertz CT molecular complexity index is 1210. The molecule has 1 aliphatic rings. The average molecular weight is 402 g/mol. The normalized spacial score (nSPS) is 14.0. The molecule has 30 heavy (non-hydrogen) atoms. The van der Waals surface area contributed by atoms with Crippen molar-refractivity contribution in [1.29, 1.82) is 0 Å². The van der Waals surface area contributed by atoms with Gasteiger partial charge in [0.2, 0.25) is 0 Å². The number of hydrogen-bond acceptors (Lipinski definition) is 6. The molecule has 0 bridgehead atoms. The maximum absolute atomic E-state index is 12.4. The van der Waals surface area contributed by atoms with E-state index in [0.29, 0.717) is 12.3 Å². The van der Waals surface area contributed by atoms with Crippen LogP contribution in [0.5, 0.6) is 0 Å². The molecular weight excluding hydrogens is 380 g/mol. The van der Waals surface area contributed by atoms with Crippen molar-refractivity contribution in [3.63, 3.8) is 0 Å². The Kier molecular flexibility index (Phi) is 4.80. The summed E-state index contributed by atoms with van der Waals surface area (Å²) in [4.78, 5) is 14.8. The van der Waals surface area contributed by atoms with E-state index in [2.05, 4.69) is 44.7 Å². The van der Waals surface area contributed by atoms with E-state index in [1.807, 2.05) is 31.2 Å². The number of hydrogen-bond donors (Lipinski definition) is 1. The van der Waals surface area contributed by atoms with Gasteiger partial charge in [0.25, 0.3) is 5.89 Å². The van der Waals surface area contributed by atoms with Crippen LogP contribution in [-0.4, -0.2) is 40.6 Å². The molecule has 0 unspecified atom stereocenters. The Labute approximate surface area is 173 Å². The summed E-state index contributed by atoms with van der Waals surface area (Å²) in [5.74, 6) is 0.269.